The minimum Gasteiger partial charge on any atom is -0.304 e. The average Bonchev–Trinajstić information content (AvgIpc) is 2.32. The molecule has 1 fully saturated rings. The number of pyridine rings is 1. The number of piperazine rings is 1. The molecule has 0 amide bonds. The number of nitrogens with zero attached hydrogens (tertiary/aromatic N) is 3. The molecular formula is C14H23N3. The van der Waals surface area contributed by atoms with Crippen molar-refractivity contribution in [1.29, 1.82) is 0 Å². The minimum atomic E-state index is 0.649. The van der Waals surface area contributed by atoms with Crippen molar-refractivity contribution in [3.05, 3.63) is 30.1 Å². The molecule has 0 spiro atoms. The molecule has 1 aliphatic rings. The first kappa shape index (κ1) is 12.5. The van der Waals surface area contributed by atoms with E-state index < -0.39 is 0 Å². The molecule has 2 heterocycles. The van der Waals surface area contributed by atoms with Gasteiger partial charge in [-0.05, 0) is 25.1 Å². The third kappa shape index (κ3) is 3.27. The Hall–Kier alpha value is -0.930. The molecule has 1 saturated heterocycles. The number of likely N-dealkylation sites (N-methyl/N-ethyl adjacent to an activating group) is 1. The zero-order valence-corrected chi connectivity index (χ0v) is 11.1. The summed E-state index contributed by atoms with van der Waals surface area (Å²) < 4.78 is 0. The Bertz CT molecular complexity index is 337. The van der Waals surface area contributed by atoms with Crippen molar-refractivity contribution in [2.75, 3.05) is 26.7 Å². The van der Waals surface area contributed by atoms with Crippen molar-refractivity contribution in [2.24, 2.45) is 5.92 Å². The fourth-order valence-corrected chi connectivity index (χ4v) is 2.52. The van der Waals surface area contributed by atoms with E-state index in [1.54, 1.807) is 0 Å². The highest BCUT2D eigenvalue weighted by Crippen LogP contribution is 2.18. The number of rotatable bonds is 3. The maximum Gasteiger partial charge on any atom is 0.0544 e. The second kappa shape index (κ2) is 5.61. The third-order valence-electron chi connectivity index (χ3n) is 3.60. The molecule has 0 saturated carbocycles. The van der Waals surface area contributed by atoms with Gasteiger partial charge in [-0.2, -0.15) is 0 Å². The van der Waals surface area contributed by atoms with Crippen LogP contribution in [-0.2, 0) is 6.54 Å². The summed E-state index contributed by atoms with van der Waals surface area (Å²) in [6.07, 6.45) is 1.88. The molecule has 1 atom stereocenters. The molecule has 0 N–H and O–H groups in total. The Balaban J connectivity index is 2.03. The molecule has 1 aromatic heterocycles. The Morgan fingerprint density at radius 3 is 2.82 bits per heavy atom. The molecule has 17 heavy (non-hydrogen) atoms. The quantitative estimate of drug-likeness (QED) is 0.794. The van der Waals surface area contributed by atoms with Crippen molar-refractivity contribution in [3.8, 4) is 0 Å². The Morgan fingerprint density at radius 2 is 2.18 bits per heavy atom. The van der Waals surface area contributed by atoms with Gasteiger partial charge in [-0.1, -0.05) is 19.9 Å². The summed E-state index contributed by atoms with van der Waals surface area (Å²) in [6.45, 7) is 9.10. The van der Waals surface area contributed by atoms with E-state index in [4.69, 9.17) is 0 Å². The van der Waals surface area contributed by atoms with Gasteiger partial charge in [-0.3, -0.25) is 9.88 Å². The maximum atomic E-state index is 4.43. The van der Waals surface area contributed by atoms with E-state index in [2.05, 4.69) is 47.8 Å². The first-order valence-electron chi connectivity index (χ1n) is 6.49. The van der Waals surface area contributed by atoms with Crippen LogP contribution in [0.1, 0.15) is 19.5 Å². The summed E-state index contributed by atoms with van der Waals surface area (Å²) in [5.74, 6) is 0.696. The van der Waals surface area contributed by atoms with Crippen molar-refractivity contribution in [3.63, 3.8) is 0 Å². The van der Waals surface area contributed by atoms with Crippen molar-refractivity contribution in [1.82, 2.24) is 14.8 Å². The molecule has 1 aliphatic heterocycles. The van der Waals surface area contributed by atoms with Crippen LogP contribution in [0.2, 0.25) is 0 Å². The molecule has 1 aromatic rings. The summed E-state index contributed by atoms with van der Waals surface area (Å²) in [6, 6.07) is 6.82. The highest BCUT2D eigenvalue weighted by molar-refractivity contribution is 5.04. The van der Waals surface area contributed by atoms with Crippen LogP contribution < -0.4 is 0 Å². The van der Waals surface area contributed by atoms with E-state index in [9.17, 15) is 0 Å². The van der Waals surface area contributed by atoms with Crippen LogP contribution in [0.5, 0.6) is 0 Å². The SMILES string of the molecule is CC(C)C1CN(C)CCN1Cc1ccccn1. The van der Waals surface area contributed by atoms with Gasteiger partial charge in [0.1, 0.15) is 0 Å². The van der Waals surface area contributed by atoms with Crippen LogP contribution in [0.3, 0.4) is 0 Å². The van der Waals surface area contributed by atoms with Gasteiger partial charge in [0.15, 0.2) is 0 Å². The predicted octanol–water partition coefficient (Wildman–Crippen LogP) is 1.85. The predicted molar refractivity (Wildman–Crippen MR) is 70.8 cm³/mol. The molecule has 0 aliphatic carbocycles. The van der Waals surface area contributed by atoms with E-state index in [1.165, 1.54) is 12.2 Å². The van der Waals surface area contributed by atoms with E-state index in [0.717, 1.165) is 19.6 Å². The summed E-state index contributed by atoms with van der Waals surface area (Å²) >= 11 is 0. The van der Waals surface area contributed by atoms with Crippen LogP contribution in [0.4, 0.5) is 0 Å². The van der Waals surface area contributed by atoms with Gasteiger partial charge in [0.25, 0.3) is 0 Å². The Morgan fingerprint density at radius 1 is 1.35 bits per heavy atom. The lowest BCUT2D eigenvalue weighted by atomic mass is 9.99. The largest absolute Gasteiger partial charge is 0.304 e. The van der Waals surface area contributed by atoms with Gasteiger partial charge in [0.05, 0.1) is 5.69 Å². The number of hydrogen-bond donors (Lipinski definition) is 0. The minimum absolute atomic E-state index is 0.649. The van der Waals surface area contributed by atoms with Gasteiger partial charge in [0.2, 0.25) is 0 Å². The molecule has 0 bridgehead atoms. The molecule has 3 nitrogen and oxygen atoms in total. The number of hydrogen-bond acceptors (Lipinski definition) is 3. The number of aromatic nitrogens is 1. The summed E-state index contributed by atoms with van der Waals surface area (Å²) in [4.78, 5) is 9.44. The second-order valence-corrected chi connectivity index (χ2v) is 5.37. The Kier molecular flexibility index (Phi) is 4.13. The highest BCUT2D eigenvalue weighted by atomic mass is 15.3. The van der Waals surface area contributed by atoms with Crippen molar-refractivity contribution in [2.45, 2.75) is 26.4 Å². The molecule has 1 unspecified atom stereocenters. The molecule has 0 radical (unpaired) electrons. The van der Waals surface area contributed by atoms with Crippen LogP contribution >= 0.6 is 0 Å². The van der Waals surface area contributed by atoms with Crippen LogP contribution in [0.15, 0.2) is 24.4 Å². The summed E-state index contributed by atoms with van der Waals surface area (Å²) in [5, 5.41) is 0. The second-order valence-electron chi connectivity index (χ2n) is 5.37. The van der Waals surface area contributed by atoms with E-state index in [-0.39, 0.29) is 0 Å². The lowest BCUT2D eigenvalue weighted by molar-refractivity contribution is 0.0561. The van der Waals surface area contributed by atoms with Gasteiger partial charge >= 0.3 is 0 Å². The van der Waals surface area contributed by atoms with E-state index >= 15 is 0 Å². The first-order chi connectivity index (χ1) is 8.16. The zero-order chi connectivity index (χ0) is 12.3. The van der Waals surface area contributed by atoms with E-state index in [1.807, 2.05) is 12.3 Å². The standard InChI is InChI=1S/C14H23N3/c1-12(2)14-11-16(3)8-9-17(14)10-13-6-4-5-7-15-13/h4-7,12,14H,8-11H2,1-3H3. The third-order valence-corrected chi connectivity index (χ3v) is 3.60. The van der Waals surface area contributed by atoms with Crippen LogP contribution in [0.25, 0.3) is 0 Å². The molecule has 3 heteroatoms. The molecular weight excluding hydrogens is 210 g/mol. The average molecular weight is 233 g/mol. The van der Waals surface area contributed by atoms with Gasteiger partial charge < -0.3 is 4.90 Å². The Labute approximate surface area is 104 Å². The normalized spacial score (nSPS) is 23.2. The zero-order valence-electron chi connectivity index (χ0n) is 11.1. The molecule has 0 aromatic carbocycles. The lowest BCUT2D eigenvalue weighted by Gasteiger charge is -2.42. The highest BCUT2D eigenvalue weighted by Gasteiger charge is 2.27. The lowest BCUT2D eigenvalue weighted by Crippen LogP contribution is -2.53. The monoisotopic (exact) mass is 233 g/mol. The fraction of sp³-hybridized carbons (Fsp3) is 0.643. The first-order valence-corrected chi connectivity index (χ1v) is 6.49. The van der Waals surface area contributed by atoms with Crippen molar-refractivity contribution < 1.29 is 0 Å². The molecule has 2 rings (SSSR count). The van der Waals surface area contributed by atoms with E-state index in [0.29, 0.717) is 12.0 Å². The topological polar surface area (TPSA) is 19.4 Å². The van der Waals surface area contributed by atoms with Crippen LogP contribution in [0, 0.1) is 5.92 Å². The van der Waals surface area contributed by atoms with Gasteiger partial charge in [-0.25, -0.2) is 0 Å². The smallest absolute Gasteiger partial charge is 0.0544 e. The van der Waals surface area contributed by atoms with Crippen LogP contribution in [-0.4, -0.2) is 47.5 Å². The summed E-state index contributed by atoms with van der Waals surface area (Å²) in [5.41, 5.74) is 1.18. The van der Waals surface area contributed by atoms with Gasteiger partial charge in [0, 0.05) is 38.4 Å². The van der Waals surface area contributed by atoms with Crippen molar-refractivity contribution >= 4 is 0 Å². The molecule has 94 valence electrons. The summed E-state index contributed by atoms with van der Waals surface area (Å²) in [7, 11) is 2.22. The van der Waals surface area contributed by atoms with Gasteiger partial charge in [-0.15, -0.1) is 0 Å². The maximum absolute atomic E-state index is 4.43. The fourth-order valence-electron chi connectivity index (χ4n) is 2.52.